The van der Waals surface area contributed by atoms with Crippen LogP contribution in [0.15, 0.2) is 48.5 Å². The molecule has 26 heavy (non-hydrogen) atoms. The maximum absolute atomic E-state index is 12.6. The lowest BCUT2D eigenvalue weighted by molar-refractivity contribution is -0.909. The Hall–Kier alpha value is -1.59. The van der Waals surface area contributed by atoms with Gasteiger partial charge in [0.2, 0.25) is 5.91 Å². The molecule has 1 aliphatic heterocycles. The molecule has 1 aliphatic rings. The predicted molar refractivity (Wildman–Crippen MR) is 104 cm³/mol. The van der Waals surface area contributed by atoms with E-state index in [0.717, 1.165) is 44.0 Å². The maximum Gasteiger partial charge on any atom is 0.225 e. The minimum absolute atomic E-state index is 0.0232. The summed E-state index contributed by atoms with van der Waals surface area (Å²) in [5.41, 5.74) is 1.97. The average molecular weight is 394 g/mol. The number of ether oxygens (including phenoxy) is 1. The maximum atomic E-state index is 12.6. The monoisotopic (exact) mass is 393 g/mol. The highest BCUT2D eigenvalue weighted by atomic mass is 35.5. The van der Waals surface area contributed by atoms with Crippen molar-refractivity contribution in [2.45, 2.75) is 12.5 Å². The number of carbonyl (C=O) groups is 1. The van der Waals surface area contributed by atoms with E-state index in [1.54, 1.807) is 12.1 Å². The van der Waals surface area contributed by atoms with Crippen LogP contribution in [0.3, 0.4) is 0 Å². The molecule has 0 radical (unpaired) electrons. The Labute approximate surface area is 164 Å². The van der Waals surface area contributed by atoms with Gasteiger partial charge in [0.15, 0.2) is 0 Å². The molecule has 4 nitrogen and oxygen atoms in total. The summed E-state index contributed by atoms with van der Waals surface area (Å²) in [6.45, 7) is 4.32. The van der Waals surface area contributed by atoms with E-state index in [-0.39, 0.29) is 18.4 Å². The molecule has 1 saturated heterocycles. The van der Waals surface area contributed by atoms with Crippen molar-refractivity contribution in [2.75, 3.05) is 32.8 Å². The number of amides is 1. The standard InChI is InChI=1S/C20H22Cl2N2O2/c21-17-7-6-15(12-18(17)22)13-20(25)23-19(16-4-2-1-3-5-16)14-24-8-10-26-11-9-24/h1-7,12,19H,8-11,13-14H2,(H,23,25)/p+1/t19-/m0/s1. The molecule has 0 unspecified atom stereocenters. The van der Waals surface area contributed by atoms with Gasteiger partial charge in [-0.15, -0.1) is 0 Å². The van der Waals surface area contributed by atoms with Crippen molar-refractivity contribution in [1.82, 2.24) is 5.32 Å². The first-order valence-corrected chi connectivity index (χ1v) is 9.57. The lowest BCUT2D eigenvalue weighted by Gasteiger charge is -2.28. The number of quaternary nitrogens is 1. The topological polar surface area (TPSA) is 42.8 Å². The van der Waals surface area contributed by atoms with E-state index in [1.165, 1.54) is 4.90 Å². The summed E-state index contributed by atoms with van der Waals surface area (Å²) in [6.07, 6.45) is 0.276. The zero-order valence-corrected chi connectivity index (χ0v) is 16.0. The van der Waals surface area contributed by atoms with Crippen LogP contribution in [0.1, 0.15) is 17.2 Å². The average Bonchev–Trinajstić information content (AvgIpc) is 2.66. The second-order valence-electron chi connectivity index (χ2n) is 6.52. The third kappa shape index (κ3) is 5.45. The van der Waals surface area contributed by atoms with Crippen LogP contribution in [0.4, 0.5) is 0 Å². The number of benzene rings is 2. The van der Waals surface area contributed by atoms with Gasteiger partial charge < -0.3 is 15.0 Å². The van der Waals surface area contributed by atoms with Crippen molar-refractivity contribution in [3.63, 3.8) is 0 Å². The highest BCUT2D eigenvalue weighted by molar-refractivity contribution is 6.42. The fraction of sp³-hybridized carbons (Fsp3) is 0.350. The Kier molecular flexibility index (Phi) is 6.92. The van der Waals surface area contributed by atoms with E-state index in [4.69, 9.17) is 27.9 Å². The van der Waals surface area contributed by atoms with Gasteiger partial charge >= 0.3 is 0 Å². The van der Waals surface area contributed by atoms with Crippen molar-refractivity contribution >= 4 is 29.1 Å². The number of hydrogen-bond donors (Lipinski definition) is 2. The van der Waals surface area contributed by atoms with Crippen LogP contribution < -0.4 is 10.2 Å². The van der Waals surface area contributed by atoms with Crippen molar-refractivity contribution in [3.05, 3.63) is 69.7 Å². The predicted octanol–water partition coefficient (Wildman–Crippen LogP) is 2.31. The van der Waals surface area contributed by atoms with Gasteiger partial charge in [0.25, 0.3) is 0 Å². The fourth-order valence-electron chi connectivity index (χ4n) is 3.17. The number of morpholine rings is 1. The molecule has 0 bridgehead atoms. The minimum atomic E-state index is -0.0282. The van der Waals surface area contributed by atoms with Crippen molar-refractivity contribution in [1.29, 1.82) is 0 Å². The zero-order chi connectivity index (χ0) is 18.4. The lowest BCUT2D eigenvalue weighted by atomic mass is 10.1. The normalized spacial score (nSPS) is 16.2. The first-order chi connectivity index (χ1) is 12.6. The first-order valence-electron chi connectivity index (χ1n) is 8.81. The molecule has 1 fully saturated rings. The molecule has 6 heteroatoms. The van der Waals surface area contributed by atoms with Gasteiger partial charge in [-0.05, 0) is 23.3 Å². The van der Waals surface area contributed by atoms with E-state index in [0.29, 0.717) is 10.0 Å². The number of rotatable bonds is 6. The lowest BCUT2D eigenvalue weighted by Crippen LogP contribution is -3.14. The zero-order valence-electron chi connectivity index (χ0n) is 14.5. The van der Waals surface area contributed by atoms with Crippen molar-refractivity contribution in [2.24, 2.45) is 0 Å². The molecule has 2 aromatic rings. The van der Waals surface area contributed by atoms with Gasteiger partial charge in [0.05, 0.1) is 29.7 Å². The summed E-state index contributed by atoms with van der Waals surface area (Å²) in [6, 6.07) is 15.4. The summed E-state index contributed by atoms with van der Waals surface area (Å²) in [4.78, 5) is 14.1. The van der Waals surface area contributed by atoms with E-state index < -0.39 is 0 Å². The van der Waals surface area contributed by atoms with Crippen LogP contribution in [-0.2, 0) is 16.0 Å². The molecule has 0 aliphatic carbocycles. The van der Waals surface area contributed by atoms with Gasteiger partial charge in [0, 0.05) is 0 Å². The summed E-state index contributed by atoms with van der Waals surface area (Å²) in [5.74, 6) is -0.0232. The van der Waals surface area contributed by atoms with Crippen LogP contribution in [0.5, 0.6) is 0 Å². The number of halogens is 2. The second kappa shape index (κ2) is 9.38. The fourth-order valence-corrected chi connectivity index (χ4v) is 3.49. The Morgan fingerprint density at radius 1 is 1.08 bits per heavy atom. The van der Waals surface area contributed by atoms with Crippen LogP contribution >= 0.6 is 23.2 Å². The van der Waals surface area contributed by atoms with E-state index >= 15 is 0 Å². The molecule has 2 aromatic carbocycles. The second-order valence-corrected chi connectivity index (χ2v) is 7.34. The molecule has 2 N–H and O–H groups in total. The summed E-state index contributed by atoms with van der Waals surface area (Å²) in [5, 5.41) is 4.15. The molecule has 1 amide bonds. The van der Waals surface area contributed by atoms with Gasteiger partial charge in [-0.25, -0.2) is 0 Å². The molecule has 3 rings (SSSR count). The largest absolute Gasteiger partial charge is 0.370 e. The smallest absolute Gasteiger partial charge is 0.225 e. The third-order valence-electron chi connectivity index (χ3n) is 4.58. The Balaban J connectivity index is 1.67. The molecular weight excluding hydrogens is 371 g/mol. The summed E-state index contributed by atoms with van der Waals surface area (Å²) in [7, 11) is 0. The van der Waals surface area contributed by atoms with Gasteiger partial charge in [-0.3, -0.25) is 4.79 Å². The molecule has 0 aromatic heterocycles. The van der Waals surface area contributed by atoms with Gasteiger partial charge in [-0.1, -0.05) is 59.6 Å². The Bertz CT molecular complexity index is 734. The molecule has 0 saturated carbocycles. The van der Waals surface area contributed by atoms with E-state index in [2.05, 4.69) is 17.4 Å². The SMILES string of the molecule is O=C(Cc1ccc(Cl)c(Cl)c1)N[C@@H](C[NH+]1CCOCC1)c1ccccc1. The number of hydrogen-bond acceptors (Lipinski definition) is 2. The van der Waals surface area contributed by atoms with Crippen molar-refractivity contribution in [3.8, 4) is 0 Å². The Morgan fingerprint density at radius 3 is 2.50 bits per heavy atom. The third-order valence-corrected chi connectivity index (χ3v) is 5.32. The highest BCUT2D eigenvalue weighted by Gasteiger charge is 2.23. The van der Waals surface area contributed by atoms with Crippen LogP contribution in [0.25, 0.3) is 0 Å². The summed E-state index contributed by atoms with van der Waals surface area (Å²) >= 11 is 12.0. The minimum Gasteiger partial charge on any atom is -0.370 e. The summed E-state index contributed by atoms with van der Waals surface area (Å²) < 4.78 is 5.44. The molecule has 0 spiro atoms. The number of nitrogens with one attached hydrogen (secondary N) is 2. The van der Waals surface area contributed by atoms with Crippen LogP contribution in [-0.4, -0.2) is 38.8 Å². The molecule has 1 heterocycles. The van der Waals surface area contributed by atoms with E-state index in [1.807, 2.05) is 24.3 Å². The Morgan fingerprint density at radius 2 is 1.81 bits per heavy atom. The van der Waals surface area contributed by atoms with Crippen LogP contribution in [0, 0.1) is 0 Å². The highest BCUT2D eigenvalue weighted by Crippen LogP contribution is 2.23. The molecule has 138 valence electrons. The van der Waals surface area contributed by atoms with E-state index in [9.17, 15) is 4.79 Å². The van der Waals surface area contributed by atoms with Gasteiger partial charge in [-0.2, -0.15) is 0 Å². The molecule has 1 atom stereocenters. The van der Waals surface area contributed by atoms with Crippen LogP contribution in [0.2, 0.25) is 10.0 Å². The van der Waals surface area contributed by atoms with Crippen molar-refractivity contribution < 1.29 is 14.4 Å². The quantitative estimate of drug-likeness (QED) is 0.790. The van der Waals surface area contributed by atoms with Gasteiger partial charge in [0.1, 0.15) is 25.7 Å². The first kappa shape index (κ1) is 19.2. The number of carbonyl (C=O) groups excluding carboxylic acids is 1. The molecular formula is C20H23Cl2N2O2+.